The van der Waals surface area contributed by atoms with Gasteiger partial charge in [0.1, 0.15) is 0 Å². The summed E-state index contributed by atoms with van der Waals surface area (Å²) >= 11 is 0. The van der Waals surface area contributed by atoms with Crippen LogP contribution in [0.4, 0.5) is 0 Å². The van der Waals surface area contributed by atoms with Crippen LogP contribution in [-0.4, -0.2) is 41.2 Å². The molecule has 6 heteroatoms. The van der Waals surface area contributed by atoms with Crippen LogP contribution in [0.1, 0.15) is 72.6 Å². The van der Waals surface area contributed by atoms with Crippen molar-refractivity contribution in [3.63, 3.8) is 0 Å². The van der Waals surface area contributed by atoms with Crippen molar-refractivity contribution in [3.05, 3.63) is 0 Å². The highest BCUT2D eigenvalue weighted by molar-refractivity contribution is 6.60. The Morgan fingerprint density at radius 3 is 1.70 bits per heavy atom. The first-order valence-electron chi connectivity index (χ1n) is 9.21. The van der Waals surface area contributed by atoms with Crippen LogP contribution in [0.3, 0.4) is 0 Å². The van der Waals surface area contributed by atoms with Crippen LogP contribution in [0, 0.1) is 0 Å². The Morgan fingerprint density at radius 2 is 1.22 bits per heavy atom. The van der Waals surface area contributed by atoms with Crippen LogP contribution in [0.25, 0.3) is 0 Å². The van der Waals surface area contributed by atoms with E-state index < -0.39 is 8.80 Å². The van der Waals surface area contributed by atoms with Gasteiger partial charge in [-0.05, 0) is 33.6 Å². The predicted octanol–water partition coefficient (Wildman–Crippen LogP) is 4.33. The second kappa shape index (κ2) is 15.1. The molecular weight excluding hydrogens is 312 g/mol. The maximum absolute atomic E-state index is 11.0. The van der Waals surface area contributed by atoms with Gasteiger partial charge in [-0.3, -0.25) is 4.79 Å². The van der Waals surface area contributed by atoms with E-state index in [1.165, 1.54) is 12.8 Å². The van der Waals surface area contributed by atoms with E-state index in [4.69, 9.17) is 18.0 Å². The number of unbranched alkanes of at least 4 members (excludes halogenated alkanes) is 5. The SMILES string of the molecule is CCO[Si](CCCCCCCCOC(=O)CC)(OCC)OCC. The average Bonchev–Trinajstić information content (AvgIpc) is 2.53. The van der Waals surface area contributed by atoms with Gasteiger partial charge < -0.3 is 18.0 Å². The van der Waals surface area contributed by atoms with Gasteiger partial charge in [0.2, 0.25) is 0 Å². The van der Waals surface area contributed by atoms with Crippen LogP contribution in [-0.2, 0) is 22.8 Å². The Morgan fingerprint density at radius 1 is 0.739 bits per heavy atom. The Hall–Kier alpha value is -0.433. The van der Waals surface area contributed by atoms with Crippen molar-refractivity contribution < 1.29 is 22.8 Å². The Kier molecular flexibility index (Phi) is 14.8. The molecule has 0 saturated carbocycles. The Bertz CT molecular complexity index is 269. The summed E-state index contributed by atoms with van der Waals surface area (Å²) in [4.78, 5) is 11.0. The van der Waals surface area contributed by atoms with E-state index in [1.807, 2.05) is 27.7 Å². The third-order valence-corrected chi connectivity index (χ3v) is 6.67. The van der Waals surface area contributed by atoms with Gasteiger partial charge >= 0.3 is 14.8 Å². The number of ether oxygens (including phenoxy) is 1. The second-order valence-electron chi connectivity index (χ2n) is 5.43. The van der Waals surface area contributed by atoms with Crippen molar-refractivity contribution in [3.8, 4) is 0 Å². The molecule has 0 radical (unpaired) electrons. The molecule has 0 aliphatic rings. The van der Waals surface area contributed by atoms with Gasteiger partial charge in [-0.25, -0.2) is 0 Å². The van der Waals surface area contributed by atoms with E-state index >= 15 is 0 Å². The minimum atomic E-state index is -2.45. The van der Waals surface area contributed by atoms with Crippen molar-refractivity contribution in [2.24, 2.45) is 0 Å². The van der Waals surface area contributed by atoms with Gasteiger partial charge in [-0.1, -0.05) is 32.6 Å². The summed E-state index contributed by atoms with van der Waals surface area (Å²) in [5.74, 6) is -0.103. The fraction of sp³-hybridized carbons (Fsp3) is 0.941. The fourth-order valence-corrected chi connectivity index (χ4v) is 5.13. The monoisotopic (exact) mass is 348 g/mol. The van der Waals surface area contributed by atoms with E-state index in [0.29, 0.717) is 32.8 Å². The lowest BCUT2D eigenvalue weighted by molar-refractivity contribution is -0.143. The summed E-state index contributed by atoms with van der Waals surface area (Å²) in [6.45, 7) is 10.3. The molecule has 0 rings (SSSR count). The zero-order valence-electron chi connectivity index (χ0n) is 15.5. The largest absolute Gasteiger partial charge is 0.500 e. The Labute approximate surface area is 143 Å². The third kappa shape index (κ3) is 11.7. The fourth-order valence-electron chi connectivity index (χ4n) is 2.44. The lowest BCUT2D eigenvalue weighted by Crippen LogP contribution is -2.45. The molecule has 0 saturated heterocycles. The van der Waals surface area contributed by atoms with Gasteiger partial charge in [0.05, 0.1) is 6.61 Å². The van der Waals surface area contributed by atoms with Gasteiger partial charge in [-0.2, -0.15) is 0 Å². The van der Waals surface area contributed by atoms with E-state index in [2.05, 4.69) is 0 Å². The average molecular weight is 349 g/mol. The smallest absolute Gasteiger partial charge is 0.466 e. The highest BCUT2D eigenvalue weighted by Gasteiger charge is 2.39. The summed E-state index contributed by atoms with van der Waals surface area (Å²) in [6, 6.07) is 0.899. The minimum Gasteiger partial charge on any atom is -0.466 e. The summed E-state index contributed by atoms with van der Waals surface area (Å²) in [5.41, 5.74) is 0. The van der Waals surface area contributed by atoms with Crippen LogP contribution in [0.15, 0.2) is 0 Å². The van der Waals surface area contributed by atoms with E-state index in [-0.39, 0.29) is 5.97 Å². The third-order valence-electron chi connectivity index (χ3n) is 3.52. The second-order valence-corrected chi connectivity index (χ2v) is 8.16. The Balaban J connectivity index is 3.75. The summed E-state index contributed by atoms with van der Waals surface area (Å²) in [6.07, 6.45) is 7.15. The number of carbonyl (C=O) groups excluding carboxylic acids is 1. The molecule has 0 amide bonds. The van der Waals surface area contributed by atoms with Gasteiger partial charge in [-0.15, -0.1) is 0 Å². The van der Waals surface area contributed by atoms with Crippen molar-refractivity contribution in [1.29, 1.82) is 0 Å². The highest BCUT2D eigenvalue weighted by atomic mass is 28.4. The number of esters is 1. The highest BCUT2D eigenvalue weighted by Crippen LogP contribution is 2.20. The van der Waals surface area contributed by atoms with E-state index in [1.54, 1.807) is 0 Å². The summed E-state index contributed by atoms with van der Waals surface area (Å²) < 4.78 is 22.6. The lowest BCUT2D eigenvalue weighted by atomic mass is 10.1. The minimum absolute atomic E-state index is 0.103. The van der Waals surface area contributed by atoms with Crippen LogP contribution < -0.4 is 0 Å². The molecule has 23 heavy (non-hydrogen) atoms. The molecule has 138 valence electrons. The number of hydrogen-bond donors (Lipinski definition) is 0. The molecule has 0 unspecified atom stereocenters. The molecule has 0 N–H and O–H groups in total. The molecular formula is C17H36O5Si. The standard InChI is InChI=1S/C17H36O5Si/c1-5-17(18)19-15-13-11-9-10-12-14-16-23(20-6-2,21-7-3)22-8-4/h5-16H2,1-4H3. The molecule has 0 spiro atoms. The number of carbonyl (C=O) groups is 1. The molecule has 0 aromatic heterocycles. The van der Waals surface area contributed by atoms with E-state index in [0.717, 1.165) is 31.7 Å². The zero-order chi connectivity index (χ0) is 17.4. The van der Waals surface area contributed by atoms with E-state index in [9.17, 15) is 4.79 Å². The normalized spacial score (nSPS) is 11.7. The summed E-state index contributed by atoms with van der Waals surface area (Å²) in [7, 11) is -2.45. The maximum Gasteiger partial charge on any atom is 0.500 e. The van der Waals surface area contributed by atoms with Gasteiger partial charge in [0.15, 0.2) is 0 Å². The predicted molar refractivity (Wildman–Crippen MR) is 94.4 cm³/mol. The lowest BCUT2D eigenvalue weighted by Gasteiger charge is -2.28. The molecule has 5 nitrogen and oxygen atoms in total. The van der Waals surface area contributed by atoms with Crippen molar-refractivity contribution in [2.45, 2.75) is 78.7 Å². The summed E-state index contributed by atoms with van der Waals surface area (Å²) in [5, 5.41) is 0. The molecule has 0 heterocycles. The first-order chi connectivity index (χ1) is 11.1. The van der Waals surface area contributed by atoms with Crippen molar-refractivity contribution in [1.82, 2.24) is 0 Å². The molecule has 0 atom stereocenters. The first kappa shape index (κ1) is 22.6. The molecule has 0 aromatic carbocycles. The van der Waals surface area contributed by atoms with Crippen molar-refractivity contribution in [2.75, 3.05) is 26.4 Å². The van der Waals surface area contributed by atoms with Gasteiger partial charge in [0, 0.05) is 32.3 Å². The zero-order valence-corrected chi connectivity index (χ0v) is 16.5. The molecule has 0 fully saturated rings. The van der Waals surface area contributed by atoms with Crippen LogP contribution in [0.2, 0.25) is 6.04 Å². The molecule has 0 aliphatic carbocycles. The van der Waals surface area contributed by atoms with Crippen LogP contribution >= 0.6 is 0 Å². The number of rotatable bonds is 16. The molecule has 0 bridgehead atoms. The topological polar surface area (TPSA) is 54.0 Å². The van der Waals surface area contributed by atoms with Crippen molar-refractivity contribution >= 4 is 14.8 Å². The molecule has 0 aromatic rings. The van der Waals surface area contributed by atoms with Gasteiger partial charge in [0.25, 0.3) is 0 Å². The molecule has 0 aliphatic heterocycles. The maximum atomic E-state index is 11.0. The number of hydrogen-bond acceptors (Lipinski definition) is 5. The quantitative estimate of drug-likeness (QED) is 0.236. The first-order valence-corrected chi connectivity index (χ1v) is 11.1. The van der Waals surface area contributed by atoms with Crippen LogP contribution in [0.5, 0.6) is 0 Å².